The zero-order valence-corrected chi connectivity index (χ0v) is 20.0. The van der Waals surface area contributed by atoms with Gasteiger partial charge in [0.2, 0.25) is 4.80 Å². The van der Waals surface area contributed by atoms with E-state index in [2.05, 4.69) is 65.4 Å². The van der Waals surface area contributed by atoms with E-state index in [4.69, 9.17) is 10.1 Å². The van der Waals surface area contributed by atoms with Gasteiger partial charge < -0.3 is 4.98 Å². The Morgan fingerprint density at radius 2 is 1.94 bits per heavy atom. The lowest BCUT2D eigenvalue weighted by molar-refractivity contribution is 0.854. The predicted octanol–water partition coefficient (Wildman–Crippen LogP) is 6.73. The van der Waals surface area contributed by atoms with Gasteiger partial charge in [-0.05, 0) is 42.5 Å². The third-order valence-electron chi connectivity index (χ3n) is 4.66. The Bertz CT molecular complexity index is 1460. The molecule has 0 bridgehead atoms. The molecule has 0 unspecified atom stereocenters. The van der Waals surface area contributed by atoms with Crippen molar-refractivity contribution in [1.29, 1.82) is 0 Å². The maximum Gasteiger partial charge on any atom is 0.211 e. The summed E-state index contributed by atoms with van der Waals surface area (Å²) in [4.78, 5) is 13.0. The molecule has 8 heteroatoms. The first kappa shape index (κ1) is 20.1. The van der Waals surface area contributed by atoms with Crippen LogP contribution < -0.4 is 4.80 Å². The largest absolute Gasteiger partial charge is 0.361 e. The Kier molecular flexibility index (Phi) is 5.67. The van der Waals surface area contributed by atoms with Gasteiger partial charge in [0.05, 0.1) is 23.8 Å². The van der Waals surface area contributed by atoms with Crippen LogP contribution in [0.2, 0.25) is 0 Å². The van der Waals surface area contributed by atoms with Gasteiger partial charge in [-0.3, -0.25) is 4.98 Å². The van der Waals surface area contributed by atoms with E-state index in [1.165, 1.54) is 11.3 Å². The van der Waals surface area contributed by atoms with E-state index in [-0.39, 0.29) is 0 Å². The molecule has 2 aromatic carbocycles. The zero-order valence-electron chi connectivity index (χ0n) is 16.0. The summed E-state index contributed by atoms with van der Waals surface area (Å²) in [5.41, 5.74) is 4.86. The Balaban J connectivity index is 1.66. The van der Waals surface area contributed by atoms with Crippen LogP contribution in [0, 0.1) is 0 Å². The molecular formula is C23H15Br2N5S. The van der Waals surface area contributed by atoms with Gasteiger partial charge >= 0.3 is 0 Å². The van der Waals surface area contributed by atoms with Crippen molar-refractivity contribution in [3.8, 4) is 11.3 Å². The van der Waals surface area contributed by atoms with Crippen molar-refractivity contribution >= 4 is 66.0 Å². The quantitative estimate of drug-likeness (QED) is 0.247. The number of benzene rings is 2. The highest BCUT2D eigenvalue weighted by Gasteiger charge is 2.09. The summed E-state index contributed by atoms with van der Waals surface area (Å²) in [5, 5.41) is 8.00. The van der Waals surface area contributed by atoms with Gasteiger partial charge in [0.25, 0.3) is 0 Å². The SMILES string of the molecule is Brc1cccc(-c2csc(=Nc3cccnc3)n2N=Cc2c[nH]c3ccc(Br)cc23)c1. The molecule has 0 radical (unpaired) electrons. The van der Waals surface area contributed by atoms with Crippen LogP contribution >= 0.6 is 43.2 Å². The second-order valence-electron chi connectivity index (χ2n) is 6.73. The van der Waals surface area contributed by atoms with E-state index in [1.807, 2.05) is 53.5 Å². The number of hydrogen-bond donors (Lipinski definition) is 1. The van der Waals surface area contributed by atoms with Crippen LogP contribution in [-0.4, -0.2) is 20.9 Å². The minimum atomic E-state index is 0.764. The van der Waals surface area contributed by atoms with Gasteiger partial charge in [-0.25, -0.2) is 9.67 Å². The van der Waals surface area contributed by atoms with Crippen molar-refractivity contribution in [1.82, 2.24) is 14.6 Å². The number of aromatic amines is 1. The standard InChI is InChI=1S/C23H15Br2N5S/c24-17-4-1-3-15(9-17)22-14-31-23(29-19-5-2-8-26-13-19)30(22)28-12-16-11-27-21-7-6-18(25)10-20(16)21/h1-14,27H. The normalized spacial score (nSPS) is 12.3. The highest BCUT2D eigenvalue weighted by Crippen LogP contribution is 2.25. The fourth-order valence-corrected chi connectivity index (χ4v) is 4.82. The summed E-state index contributed by atoms with van der Waals surface area (Å²) in [6.45, 7) is 0. The summed E-state index contributed by atoms with van der Waals surface area (Å²) in [5.74, 6) is 0. The highest BCUT2D eigenvalue weighted by atomic mass is 79.9. The lowest BCUT2D eigenvalue weighted by atomic mass is 10.2. The number of pyridine rings is 1. The van der Waals surface area contributed by atoms with Crippen molar-refractivity contribution in [3.63, 3.8) is 0 Å². The van der Waals surface area contributed by atoms with Gasteiger partial charge in [0, 0.05) is 48.7 Å². The van der Waals surface area contributed by atoms with Crippen molar-refractivity contribution in [2.75, 3.05) is 0 Å². The van der Waals surface area contributed by atoms with E-state index in [0.29, 0.717) is 0 Å². The van der Waals surface area contributed by atoms with Crippen LogP contribution in [0.3, 0.4) is 0 Å². The molecule has 0 aliphatic rings. The van der Waals surface area contributed by atoms with Gasteiger partial charge in [0.15, 0.2) is 0 Å². The Morgan fingerprint density at radius 1 is 1.03 bits per heavy atom. The van der Waals surface area contributed by atoms with Crippen LogP contribution in [0.1, 0.15) is 5.56 Å². The van der Waals surface area contributed by atoms with Crippen molar-refractivity contribution in [2.24, 2.45) is 10.1 Å². The minimum absolute atomic E-state index is 0.764. The number of rotatable bonds is 4. The van der Waals surface area contributed by atoms with Gasteiger partial charge in [-0.1, -0.05) is 44.0 Å². The fraction of sp³-hybridized carbons (Fsp3) is 0. The molecule has 5 nitrogen and oxygen atoms in total. The zero-order chi connectivity index (χ0) is 21.2. The summed E-state index contributed by atoms with van der Waals surface area (Å²) in [6.07, 6.45) is 7.30. The van der Waals surface area contributed by atoms with Crippen molar-refractivity contribution in [3.05, 3.63) is 97.9 Å². The molecule has 5 aromatic rings. The molecule has 0 aliphatic heterocycles. The van der Waals surface area contributed by atoms with Crippen molar-refractivity contribution in [2.45, 2.75) is 0 Å². The Labute approximate surface area is 199 Å². The first-order valence-electron chi connectivity index (χ1n) is 9.39. The number of fused-ring (bicyclic) bond motifs is 1. The van der Waals surface area contributed by atoms with E-state index in [1.54, 1.807) is 12.4 Å². The third kappa shape index (κ3) is 4.32. The molecule has 31 heavy (non-hydrogen) atoms. The number of nitrogens with zero attached hydrogens (tertiary/aromatic N) is 4. The lowest BCUT2D eigenvalue weighted by Gasteiger charge is -2.04. The van der Waals surface area contributed by atoms with E-state index in [9.17, 15) is 0 Å². The molecule has 0 aliphatic carbocycles. The molecule has 1 N–H and O–H groups in total. The second kappa shape index (κ2) is 8.74. The molecule has 152 valence electrons. The van der Waals surface area contributed by atoms with E-state index < -0.39 is 0 Å². The molecule has 0 amide bonds. The minimum Gasteiger partial charge on any atom is -0.361 e. The van der Waals surface area contributed by atoms with Crippen molar-refractivity contribution < 1.29 is 0 Å². The molecule has 0 saturated carbocycles. The highest BCUT2D eigenvalue weighted by molar-refractivity contribution is 9.10. The summed E-state index contributed by atoms with van der Waals surface area (Å²) >= 11 is 8.65. The van der Waals surface area contributed by atoms with Gasteiger partial charge in [-0.15, -0.1) is 11.3 Å². The van der Waals surface area contributed by atoms with E-state index in [0.717, 1.165) is 47.2 Å². The number of aromatic nitrogens is 3. The monoisotopic (exact) mass is 551 g/mol. The Hall–Kier alpha value is -2.81. The summed E-state index contributed by atoms with van der Waals surface area (Å²) in [6, 6.07) is 18.1. The Morgan fingerprint density at radius 3 is 2.77 bits per heavy atom. The topological polar surface area (TPSA) is 58.3 Å². The number of halogens is 2. The summed E-state index contributed by atoms with van der Waals surface area (Å²) < 4.78 is 3.91. The van der Waals surface area contributed by atoms with Crippen LogP contribution in [0.4, 0.5) is 5.69 Å². The average Bonchev–Trinajstić information content (AvgIpc) is 3.36. The fourth-order valence-electron chi connectivity index (χ4n) is 3.21. The maximum absolute atomic E-state index is 4.83. The smallest absolute Gasteiger partial charge is 0.211 e. The maximum atomic E-state index is 4.83. The van der Waals surface area contributed by atoms with Gasteiger partial charge in [0.1, 0.15) is 0 Å². The molecule has 0 fully saturated rings. The molecule has 0 atom stereocenters. The first-order valence-corrected chi connectivity index (χ1v) is 11.9. The van der Waals surface area contributed by atoms with Crippen LogP contribution in [0.5, 0.6) is 0 Å². The average molecular weight is 553 g/mol. The number of hydrogen-bond acceptors (Lipinski definition) is 4. The second-order valence-corrected chi connectivity index (χ2v) is 9.40. The molecule has 3 aromatic heterocycles. The molecule has 0 spiro atoms. The van der Waals surface area contributed by atoms with Crippen LogP contribution in [-0.2, 0) is 0 Å². The number of thiazole rings is 1. The third-order valence-corrected chi connectivity index (χ3v) is 6.47. The molecule has 5 rings (SSSR count). The van der Waals surface area contributed by atoms with Gasteiger partial charge in [-0.2, -0.15) is 5.10 Å². The van der Waals surface area contributed by atoms with E-state index >= 15 is 0 Å². The van der Waals surface area contributed by atoms with Crippen LogP contribution in [0.25, 0.3) is 22.2 Å². The van der Waals surface area contributed by atoms with Crippen LogP contribution in [0.15, 0.2) is 97.6 Å². The number of H-pyrrole nitrogens is 1. The molecular weight excluding hydrogens is 538 g/mol. The lowest BCUT2D eigenvalue weighted by Crippen LogP contribution is -2.11. The first-order chi connectivity index (χ1) is 15.2. The summed E-state index contributed by atoms with van der Waals surface area (Å²) in [7, 11) is 0. The molecule has 0 saturated heterocycles. The number of nitrogens with one attached hydrogen (secondary N) is 1. The predicted molar refractivity (Wildman–Crippen MR) is 134 cm³/mol. The molecule has 3 heterocycles.